The van der Waals surface area contributed by atoms with Crippen LogP contribution in [0.3, 0.4) is 0 Å². The van der Waals surface area contributed by atoms with E-state index in [1.54, 1.807) is 4.57 Å². The van der Waals surface area contributed by atoms with Crippen molar-refractivity contribution < 1.29 is 14.0 Å². The van der Waals surface area contributed by atoms with Gasteiger partial charge in [-0.15, -0.1) is 0 Å². The number of rotatable bonds is 6. The lowest BCUT2D eigenvalue weighted by Gasteiger charge is -2.32. The molecule has 2 aromatic rings. The van der Waals surface area contributed by atoms with Crippen molar-refractivity contribution in [2.75, 3.05) is 31.1 Å². The third-order valence-corrected chi connectivity index (χ3v) is 7.61. The molecular weight excluding hydrogens is 381 g/mol. The Morgan fingerprint density at radius 3 is 2.37 bits per heavy atom. The van der Waals surface area contributed by atoms with E-state index in [0.29, 0.717) is 13.3 Å². The van der Waals surface area contributed by atoms with Crippen molar-refractivity contribution in [1.29, 1.82) is 0 Å². The highest BCUT2D eigenvalue weighted by Gasteiger charge is 2.51. The molecule has 1 aliphatic heterocycles. The summed E-state index contributed by atoms with van der Waals surface area (Å²) < 4.78 is 20.6. The van der Waals surface area contributed by atoms with E-state index in [1.807, 2.05) is 45.9 Å². The van der Waals surface area contributed by atoms with E-state index in [1.165, 1.54) is 11.3 Å². The fourth-order valence-electron chi connectivity index (χ4n) is 2.80. The van der Waals surface area contributed by atoms with Gasteiger partial charge in [0.05, 0.1) is 28.0 Å². The van der Waals surface area contributed by atoms with Crippen molar-refractivity contribution in [3.05, 3.63) is 27.9 Å². The van der Waals surface area contributed by atoms with Crippen molar-refractivity contribution in [2.24, 2.45) is 0 Å². The monoisotopic (exact) mass is 411 g/mol. The zero-order valence-corrected chi connectivity index (χ0v) is 19.0. The van der Waals surface area contributed by atoms with E-state index in [-0.39, 0.29) is 16.1 Å². The molecule has 150 valence electrons. The van der Waals surface area contributed by atoms with Crippen LogP contribution in [0.25, 0.3) is 10.2 Å². The van der Waals surface area contributed by atoms with Crippen LogP contribution in [0.5, 0.6) is 0 Å². The topological polar surface area (TPSA) is 49.7 Å². The number of fused-ring (bicyclic) bond motifs is 1. The predicted octanol–water partition coefficient (Wildman–Crippen LogP) is 3.03. The van der Waals surface area contributed by atoms with Gasteiger partial charge in [0, 0.05) is 5.75 Å². The first-order valence-corrected chi connectivity index (χ1v) is 13.0. The molecule has 1 aromatic carbocycles. The van der Waals surface area contributed by atoms with Crippen LogP contribution in [0.1, 0.15) is 27.7 Å². The second-order valence-corrected chi connectivity index (χ2v) is 14.5. The van der Waals surface area contributed by atoms with Crippen LogP contribution in [-0.2, 0) is 20.8 Å². The molecule has 0 aliphatic carbocycles. The van der Waals surface area contributed by atoms with Gasteiger partial charge >= 0.3 is 12.0 Å². The highest BCUT2D eigenvalue weighted by Crippen LogP contribution is 2.36. The minimum absolute atomic E-state index is 0.000765. The van der Waals surface area contributed by atoms with Crippen LogP contribution in [0.4, 0.5) is 0 Å². The summed E-state index contributed by atoms with van der Waals surface area (Å²) in [6.07, 6.45) is 6.79. The molecule has 0 radical (unpaired) electrons. The number of nitrogens with zero attached hydrogens (tertiary/aromatic N) is 1. The molecule has 1 fully saturated rings. The summed E-state index contributed by atoms with van der Waals surface area (Å²) in [6, 6.07) is 5.94. The SMILES string of the molecule is CC1(C)OB(c2ccc3c(c2)sc(=O)n3COCCS(C)(C)C)OC1(C)C. The summed E-state index contributed by atoms with van der Waals surface area (Å²) >= 11 is 1.24. The zero-order chi connectivity index (χ0) is 20.0. The number of hydrogen-bond acceptors (Lipinski definition) is 5. The lowest BCUT2D eigenvalue weighted by atomic mass is 9.79. The van der Waals surface area contributed by atoms with E-state index in [2.05, 4.69) is 18.8 Å². The van der Waals surface area contributed by atoms with Gasteiger partial charge in [-0.05, 0) is 64.1 Å². The number of aromatic nitrogens is 1. The molecule has 3 rings (SSSR count). The molecule has 8 heteroatoms. The van der Waals surface area contributed by atoms with E-state index >= 15 is 0 Å². The molecule has 0 bridgehead atoms. The largest absolute Gasteiger partial charge is 0.494 e. The van der Waals surface area contributed by atoms with Crippen LogP contribution < -0.4 is 10.3 Å². The van der Waals surface area contributed by atoms with Crippen molar-refractivity contribution >= 4 is 44.2 Å². The highest BCUT2D eigenvalue weighted by atomic mass is 32.3. The van der Waals surface area contributed by atoms with Crippen molar-refractivity contribution in [3.63, 3.8) is 0 Å². The average Bonchev–Trinajstić information content (AvgIpc) is 2.94. The van der Waals surface area contributed by atoms with Gasteiger partial charge in [-0.1, -0.05) is 17.4 Å². The molecule has 0 spiro atoms. The van der Waals surface area contributed by atoms with E-state index in [0.717, 1.165) is 21.4 Å². The lowest BCUT2D eigenvalue weighted by molar-refractivity contribution is 0.00578. The third-order valence-electron chi connectivity index (χ3n) is 5.28. The van der Waals surface area contributed by atoms with Gasteiger partial charge in [0.1, 0.15) is 6.73 Å². The van der Waals surface area contributed by atoms with Gasteiger partial charge < -0.3 is 14.0 Å². The maximum Gasteiger partial charge on any atom is 0.494 e. The number of hydrogen-bond donors (Lipinski definition) is 0. The Bertz CT molecular complexity index is 866. The number of thiazole rings is 1. The minimum atomic E-state index is -0.590. The summed E-state index contributed by atoms with van der Waals surface area (Å²) in [5, 5.41) is 0. The normalized spacial score (nSPS) is 19.7. The van der Waals surface area contributed by atoms with Crippen LogP contribution in [0, 0.1) is 0 Å². The maximum absolute atomic E-state index is 12.4. The molecule has 5 nitrogen and oxygen atoms in total. The highest BCUT2D eigenvalue weighted by molar-refractivity contribution is 8.32. The Balaban J connectivity index is 1.77. The summed E-state index contributed by atoms with van der Waals surface area (Å²) in [5.41, 5.74) is 1.07. The fraction of sp³-hybridized carbons (Fsp3) is 0.632. The Labute approximate surface area is 167 Å². The molecule has 2 heterocycles. The smallest absolute Gasteiger partial charge is 0.399 e. The predicted molar refractivity (Wildman–Crippen MR) is 118 cm³/mol. The minimum Gasteiger partial charge on any atom is -0.399 e. The summed E-state index contributed by atoms with van der Waals surface area (Å²) in [5.74, 6) is 1.04. The van der Waals surface area contributed by atoms with Gasteiger partial charge in [0.2, 0.25) is 0 Å². The van der Waals surface area contributed by atoms with Crippen LogP contribution in [-0.4, -0.2) is 54.0 Å². The quantitative estimate of drug-likeness (QED) is 0.542. The van der Waals surface area contributed by atoms with Crippen LogP contribution in [0.2, 0.25) is 0 Å². The Morgan fingerprint density at radius 2 is 1.78 bits per heavy atom. The van der Waals surface area contributed by atoms with Crippen molar-refractivity contribution in [3.8, 4) is 0 Å². The summed E-state index contributed by atoms with van der Waals surface area (Å²) in [6.45, 7) is 9.13. The molecule has 1 aliphatic rings. The van der Waals surface area contributed by atoms with E-state index < -0.39 is 17.1 Å². The standard InChI is InChI=1S/C19H30BNO4S2/c1-18(2)19(3,4)25-20(24-18)14-8-9-15-16(12-14)26-17(22)21(15)13-23-10-11-27(5,6)7/h8-9,12H,10-11,13H2,1-7H3. The second-order valence-electron chi connectivity index (χ2n) is 8.94. The molecular formula is C19H30BNO4S2. The zero-order valence-electron chi connectivity index (χ0n) is 17.3. The number of ether oxygens (including phenoxy) is 1. The molecule has 0 amide bonds. The molecule has 27 heavy (non-hydrogen) atoms. The van der Waals surface area contributed by atoms with Gasteiger partial charge in [-0.3, -0.25) is 9.36 Å². The fourth-order valence-corrected chi connectivity index (χ4v) is 4.34. The second kappa shape index (κ2) is 7.23. The molecule has 1 saturated heterocycles. The first-order chi connectivity index (χ1) is 12.4. The van der Waals surface area contributed by atoms with Gasteiger partial charge in [-0.25, -0.2) is 10.0 Å². The Hall–Kier alpha value is -0.795. The van der Waals surface area contributed by atoms with Gasteiger partial charge in [-0.2, -0.15) is 0 Å². The van der Waals surface area contributed by atoms with E-state index in [4.69, 9.17) is 14.0 Å². The summed E-state index contributed by atoms with van der Waals surface area (Å²) in [7, 11) is -1.01. The Morgan fingerprint density at radius 1 is 1.15 bits per heavy atom. The van der Waals surface area contributed by atoms with Gasteiger partial charge in [0.15, 0.2) is 0 Å². The van der Waals surface area contributed by atoms with Gasteiger partial charge in [0.25, 0.3) is 0 Å². The van der Waals surface area contributed by atoms with Crippen LogP contribution in [0.15, 0.2) is 23.0 Å². The summed E-state index contributed by atoms with van der Waals surface area (Å²) in [4.78, 5) is 12.4. The van der Waals surface area contributed by atoms with Crippen LogP contribution >= 0.6 is 21.4 Å². The lowest BCUT2D eigenvalue weighted by Crippen LogP contribution is -2.41. The van der Waals surface area contributed by atoms with Crippen molar-refractivity contribution in [2.45, 2.75) is 45.6 Å². The average molecular weight is 411 g/mol. The molecule has 0 N–H and O–H groups in total. The molecule has 0 unspecified atom stereocenters. The van der Waals surface area contributed by atoms with E-state index in [9.17, 15) is 4.79 Å². The molecule has 1 aromatic heterocycles. The number of benzene rings is 1. The first-order valence-electron chi connectivity index (χ1n) is 9.12. The first kappa shape index (κ1) is 20.9. The van der Waals surface area contributed by atoms with Crippen molar-refractivity contribution in [1.82, 2.24) is 4.57 Å². The molecule has 0 atom stereocenters. The maximum atomic E-state index is 12.4. The Kier molecular flexibility index (Phi) is 5.60. The molecule has 0 saturated carbocycles. The third kappa shape index (κ3) is 4.45.